The number of aromatic nitrogens is 1. The third kappa shape index (κ3) is 22.0. The summed E-state index contributed by atoms with van der Waals surface area (Å²) in [5, 5.41) is 6.64. The highest BCUT2D eigenvalue weighted by atomic mass is 16.5. The number of benzene rings is 7. The van der Waals surface area contributed by atoms with Gasteiger partial charge in [-0.05, 0) is 155 Å². The van der Waals surface area contributed by atoms with Crippen LogP contribution in [-0.2, 0) is 11.2 Å². The fraction of sp³-hybridized carbons (Fsp3) is 0.389. The molecule has 1 aromatic heterocycles. The quantitative estimate of drug-likeness (QED) is 0.101. The second-order valence-electron chi connectivity index (χ2n) is 22.5. The first-order chi connectivity index (χ1) is 36.7. The Bertz CT molecular complexity index is 2880. The van der Waals surface area contributed by atoms with Gasteiger partial charge in [-0.15, -0.1) is 0 Å². The highest BCUT2D eigenvalue weighted by molar-refractivity contribution is 5.85. The molecule has 0 unspecified atom stereocenters. The zero-order valence-corrected chi connectivity index (χ0v) is 50.0. The van der Waals surface area contributed by atoms with Gasteiger partial charge in [0.15, 0.2) is 0 Å². The normalized spacial score (nSPS) is 11.9. The maximum Gasteiger partial charge on any atom is 0.308 e. The monoisotopic (exact) mass is 1030 g/mol. The Morgan fingerprint density at radius 1 is 0.532 bits per heavy atom. The molecule has 5 heteroatoms. The van der Waals surface area contributed by atoms with Crippen molar-refractivity contribution in [2.24, 2.45) is 5.92 Å². The number of nitrogens with zero attached hydrogens (tertiary/aromatic N) is 2. The molecule has 0 spiro atoms. The lowest BCUT2D eigenvalue weighted by atomic mass is 9.97. The van der Waals surface area contributed by atoms with E-state index in [1.54, 1.807) is 6.26 Å². The van der Waals surface area contributed by atoms with Gasteiger partial charge in [0.25, 0.3) is 0 Å². The summed E-state index contributed by atoms with van der Waals surface area (Å²) in [7, 11) is 0. The number of carbonyl (C=O) groups is 1. The number of esters is 1. The molecule has 1 aliphatic heterocycles. The zero-order valence-electron chi connectivity index (χ0n) is 50.0. The number of hydrogen-bond donors (Lipinski definition) is 0. The molecule has 1 saturated heterocycles. The fourth-order valence-electron chi connectivity index (χ4n) is 8.96. The maximum absolute atomic E-state index is 10.8. The van der Waals surface area contributed by atoms with Crippen LogP contribution in [0, 0.1) is 26.7 Å². The van der Waals surface area contributed by atoms with Crippen LogP contribution in [0.5, 0.6) is 5.75 Å². The Kier molecular flexibility index (Phi) is 26.7. The molecule has 7 aromatic carbocycles. The number of rotatable bonds is 10. The Morgan fingerprint density at radius 3 is 1.56 bits per heavy atom. The third-order valence-electron chi connectivity index (χ3n) is 13.8. The molecule has 0 aliphatic carbocycles. The molecule has 0 atom stereocenters. The SMILES string of the molecule is CC(=O)Oc1cc(C(C)C)ccc1C.CC(C)Cc1cccc2ccccc12.CC(C)c1ccc(-c2ccon2)cc1.CC(C)c1ccc(N2CCCCC2)cc1.Cc1ccc(C(C)C)cc1.Cc1ccccc1C(C)C. The first-order valence-electron chi connectivity index (χ1n) is 28.5. The van der Waals surface area contributed by atoms with Gasteiger partial charge in [0.1, 0.15) is 17.7 Å². The second-order valence-corrected chi connectivity index (χ2v) is 22.5. The molecule has 9 rings (SSSR count). The van der Waals surface area contributed by atoms with Crippen LogP contribution >= 0.6 is 0 Å². The molecular weight excluding hydrogens is 941 g/mol. The van der Waals surface area contributed by atoms with Crippen molar-refractivity contribution in [1.82, 2.24) is 5.16 Å². The lowest BCUT2D eigenvalue weighted by Crippen LogP contribution is -2.29. The van der Waals surface area contributed by atoms with Gasteiger partial charge >= 0.3 is 5.97 Å². The van der Waals surface area contributed by atoms with E-state index in [0.717, 1.165) is 22.7 Å². The van der Waals surface area contributed by atoms with Crippen molar-refractivity contribution in [2.45, 2.75) is 166 Å². The Balaban J connectivity index is 0.000000201. The third-order valence-corrected chi connectivity index (χ3v) is 13.8. The average molecular weight is 1040 g/mol. The van der Waals surface area contributed by atoms with E-state index in [1.165, 1.54) is 107 Å². The number of fused-ring (bicyclic) bond motifs is 1. The highest BCUT2D eigenvalue weighted by Crippen LogP contribution is 2.26. The van der Waals surface area contributed by atoms with Crippen LogP contribution in [0.15, 0.2) is 175 Å². The van der Waals surface area contributed by atoms with E-state index in [1.807, 2.05) is 25.1 Å². The molecule has 0 N–H and O–H groups in total. The summed E-state index contributed by atoms with van der Waals surface area (Å²) in [6, 6.07) is 57.8. The van der Waals surface area contributed by atoms with Gasteiger partial charge in [-0.1, -0.05) is 233 Å². The van der Waals surface area contributed by atoms with Gasteiger partial charge < -0.3 is 14.2 Å². The van der Waals surface area contributed by atoms with E-state index in [2.05, 4.69) is 253 Å². The van der Waals surface area contributed by atoms with Crippen LogP contribution in [0.2, 0.25) is 0 Å². The van der Waals surface area contributed by atoms with Crippen LogP contribution < -0.4 is 9.64 Å². The molecule has 1 aliphatic rings. The first kappa shape index (κ1) is 62.8. The van der Waals surface area contributed by atoms with E-state index in [9.17, 15) is 4.79 Å². The van der Waals surface area contributed by atoms with Crippen LogP contribution in [0.3, 0.4) is 0 Å². The minimum atomic E-state index is -0.269. The smallest absolute Gasteiger partial charge is 0.308 e. The zero-order chi connectivity index (χ0) is 56.4. The molecule has 8 aromatic rings. The Morgan fingerprint density at radius 2 is 1.05 bits per heavy atom. The second kappa shape index (κ2) is 32.8. The number of anilines is 1. The lowest BCUT2D eigenvalue weighted by Gasteiger charge is -2.29. The first-order valence-corrected chi connectivity index (χ1v) is 28.5. The van der Waals surface area contributed by atoms with Crippen molar-refractivity contribution in [3.63, 3.8) is 0 Å². The summed E-state index contributed by atoms with van der Waals surface area (Å²) in [5.74, 6) is 4.09. The molecule has 410 valence electrons. The summed E-state index contributed by atoms with van der Waals surface area (Å²) in [4.78, 5) is 13.3. The van der Waals surface area contributed by atoms with E-state index in [4.69, 9.17) is 9.26 Å². The number of ether oxygens (including phenoxy) is 1. The predicted octanol–water partition coefficient (Wildman–Crippen LogP) is 20.6. The van der Waals surface area contributed by atoms with E-state index in [-0.39, 0.29) is 5.97 Å². The van der Waals surface area contributed by atoms with Crippen molar-refractivity contribution >= 4 is 22.4 Å². The fourth-order valence-corrected chi connectivity index (χ4v) is 8.96. The lowest BCUT2D eigenvalue weighted by molar-refractivity contribution is -0.131. The van der Waals surface area contributed by atoms with E-state index >= 15 is 0 Å². The summed E-state index contributed by atoms with van der Waals surface area (Å²) in [6.45, 7) is 36.6. The van der Waals surface area contributed by atoms with Crippen molar-refractivity contribution in [3.8, 4) is 17.0 Å². The predicted molar refractivity (Wildman–Crippen MR) is 332 cm³/mol. The number of piperidine rings is 1. The van der Waals surface area contributed by atoms with E-state index in [0.29, 0.717) is 35.3 Å². The van der Waals surface area contributed by atoms with Crippen LogP contribution in [0.25, 0.3) is 22.0 Å². The molecule has 0 radical (unpaired) electrons. The maximum atomic E-state index is 10.8. The van der Waals surface area contributed by atoms with Gasteiger partial charge in [-0.25, -0.2) is 0 Å². The molecule has 0 saturated carbocycles. The molecule has 1 fully saturated rings. The molecule has 5 nitrogen and oxygen atoms in total. The van der Waals surface area contributed by atoms with Crippen molar-refractivity contribution in [2.75, 3.05) is 18.0 Å². The number of hydrogen-bond acceptors (Lipinski definition) is 5. The summed E-state index contributed by atoms with van der Waals surface area (Å²) >= 11 is 0. The van der Waals surface area contributed by atoms with Crippen LogP contribution in [0.1, 0.15) is 189 Å². The van der Waals surface area contributed by atoms with Gasteiger partial charge in [0.05, 0.1) is 0 Å². The van der Waals surface area contributed by atoms with Crippen LogP contribution in [0.4, 0.5) is 5.69 Å². The van der Waals surface area contributed by atoms with E-state index < -0.39 is 0 Å². The topological polar surface area (TPSA) is 55.6 Å². The molecule has 0 bridgehead atoms. The molecule has 77 heavy (non-hydrogen) atoms. The van der Waals surface area contributed by atoms with Gasteiger partial charge in [-0.2, -0.15) is 0 Å². The molecule has 2 heterocycles. The highest BCUT2D eigenvalue weighted by Gasteiger charge is 2.11. The summed E-state index contributed by atoms with van der Waals surface area (Å²) < 4.78 is 9.89. The van der Waals surface area contributed by atoms with Crippen molar-refractivity contribution in [3.05, 3.63) is 220 Å². The molecule has 0 amide bonds. The minimum absolute atomic E-state index is 0.269. The summed E-state index contributed by atoms with van der Waals surface area (Å²) in [5.41, 5.74) is 15.4. The van der Waals surface area contributed by atoms with Gasteiger partial charge in [0, 0.05) is 37.3 Å². The number of carbonyl (C=O) groups excluding carboxylic acids is 1. The Hall–Kier alpha value is -6.72. The largest absolute Gasteiger partial charge is 0.426 e. The van der Waals surface area contributed by atoms with Crippen molar-refractivity contribution in [1.29, 1.82) is 0 Å². The van der Waals surface area contributed by atoms with Crippen LogP contribution in [-0.4, -0.2) is 24.2 Å². The minimum Gasteiger partial charge on any atom is -0.426 e. The standard InChI is InChI=1S/C14H21N.C14H16.C12H13NO.C12H16O2.2C10H14/c1-12(2)13-6-8-14(9-7-13)15-10-4-3-5-11-15;1-11(2)10-13-8-5-7-12-6-3-4-9-14(12)13;1-9(2)10-3-5-11(6-4-10)12-7-8-14-13-12;1-8(2)11-6-5-9(3)12(7-11)14-10(4)13;1-8(2)10-6-4-9(3)5-7-10;1-8(2)10-7-5-4-6-9(10)3/h6-9,12H,3-5,10-11H2,1-2H3;3-9,11H,10H2,1-2H3;3-9H,1-2H3;5-8H,1-4H3;2*4-8H,1-3H3. The Labute approximate surface area is 466 Å². The number of aryl methyl sites for hydroxylation is 3. The molecular formula is C72H94N2O3. The van der Waals surface area contributed by atoms with Gasteiger partial charge in [0.2, 0.25) is 0 Å². The average Bonchev–Trinajstić information content (AvgIpc) is 3.96. The van der Waals surface area contributed by atoms with Gasteiger partial charge in [-0.3, -0.25) is 4.79 Å². The summed E-state index contributed by atoms with van der Waals surface area (Å²) in [6.07, 6.45) is 6.87. The van der Waals surface area contributed by atoms with Crippen molar-refractivity contribution < 1.29 is 14.1 Å².